The molecule has 120 valence electrons. The van der Waals surface area contributed by atoms with Crippen LogP contribution in [0.1, 0.15) is 31.7 Å². The molecule has 0 aliphatic heterocycles. The van der Waals surface area contributed by atoms with Gasteiger partial charge in [0.25, 0.3) is 10.0 Å². The molecule has 1 heterocycles. The maximum absolute atomic E-state index is 12.7. The Morgan fingerprint density at radius 3 is 2.90 bits per heavy atom. The Balaban J connectivity index is 2.08. The summed E-state index contributed by atoms with van der Waals surface area (Å²) in [6.45, 7) is 2.48. The minimum atomic E-state index is -3.52. The predicted molar refractivity (Wildman–Crippen MR) is 85.9 cm³/mol. The predicted octanol–water partition coefficient (Wildman–Crippen LogP) is 1.42. The van der Waals surface area contributed by atoms with Crippen LogP contribution in [0.15, 0.2) is 11.2 Å². The Morgan fingerprint density at radius 2 is 2.29 bits per heavy atom. The van der Waals surface area contributed by atoms with Gasteiger partial charge in [0.05, 0.1) is 6.20 Å². The van der Waals surface area contributed by atoms with Crippen LogP contribution in [0, 0.1) is 0 Å². The molecule has 1 aromatic heterocycles. The first kappa shape index (κ1) is 16.8. The van der Waals surface area contributed by atoms with Crippen LogP contribution in [0.4, 0.5) is 0 Å². The largest absolute Gasteiger partial charge is 0.310 e. The number of sulfonamides is 1. The molecule has 0 amide bonds. The van der Waals surface area contributed by atoms with Gasteiger partial charge in [-0.05, 0) is 38.2 Å². The fourth-order valence-corrected chi connectivity index (χ4v) is 4.11. The van der Waals surface area contributed by atoms with Gasteiger partial charge in [-0.15, -0.1) is 0 Å². The van der Waals surface area contributed by atoms with Gasteiger partial charge in [0.15, 0.2) is 5.03 Å². The standard InChI is InChI=1S/C13H24N4O2S2/c1-10(6-7-20-3)17(2)21(18,19)13-11(9-15-16-13)8-14-12-4-5-12/h9-10,12,14H,4-8H2,1-3H3,(H,15,16). The summed E-state index contributed by atoms with van der Waals surface area (Å²) in [6, 6.07) is 0.503. The van der Waals surface area contributed by atoms with Gasteiger partial charge >= 0.3 is 0 Å². The van der Waals surface area contributed by atoms with Gasteiger partial charge in [0.2, 0.25) is 0 Å². The molecule has 0 saturated heterocycles. The van der Waals surface area contributed by atoms with Crippen LogP contribution in [0.2, 0.25) is 0 Å². The quantitative estimate of drug-likeness (QED) is 0.715. The summed E-state index contributed by atoms with van der Waals surface area (Å²) >= 11 is 1.73. The van der Waals surface area contributed by atoms with Gasteiger partial charge in [0, 0.05) is 31.2 Å². The highest BCUT2D eigenvalue weighted by Crippen LogP contribution is 2.23. The second kappa shape index (κ2) is 7.13. The maximum atomic E-state index is 12.7. The van der Waals surface area contributed by atoms with Crippen LogP contribution in [-0.2, 0) is 16.6 Å². The van der Waals surface area contributed by atoms with Crippen LogP contribution in [0.3, 0.4) is 0 Å². The lowest BCUT2D eigenvalue weighted by Gasteiger charge is -2.23. The monoisotopic (exact) mass is 332 g/mol. The number of nitrogens with zero attached hydrogens (tertiary/aromatic N) is 2. The molecule has 1 unspecified atom stereocenters. The number of rotatable bonds is 9. The lowest BCUT2D eigenvalue weighted by Crippen LogP contribution is -2.36. The second-order valence-corrected chi connectivity index (χ2v) is 8.45. The van der Waals surface area contributed by atoms with E-state index in [0.717, 1.165) is 12.2 Å². The number of hydrogen-bond acceptors (Lipinski definition) is 5. The van der Waals surface area contributed by atoms with Gasteiger partial charge in [-0.25, -0.2) is 8.42 Å². The molecule has 21 heavy (non-hydrogen) atoms. The number of hydrogen-bond donors (Lipinski definition) is 2. The second-order valence-electron chi connectivity index (χ2n) is 5.53. The van der Waals surface area contributed by atoms with E-state index in [-0.39, 0.29) is 11.1 Å². The van der Waals surface area contributed by atoms with Crippen LogP contribution in [0.5, 0.6) is 0 Å². The number of nitrogens with one attached hydrogen (secondary N) is 2. The van der Waals surface area contributed by atoms with Gasteiger partial charge in [-0.2, -0.15) is 21.2 Å². The molecule has 8 heteroatoms. The molecule has 0 radical (unpaired) electrons. The minimum absolute atomic E-state index is 0.0324. The van der Waals surface area contributed by atoms with Gasteiger partial charge in [-0.1, -0.05) is 0 Å². The molecule has 1 fully saturated rings. The highest BCUT2D eigenvalue weighted by Gasteiger charge is 2.30. The SMILES string of the molecule is CSCCC(C)N(C)S(=O)(=O)c1[nH]ncc1CNC1CC1. The summed E-state index contributed by atoms with van der Waals surface area (Å²) in [6.07, 6.45) is 6.80. The smallest absolute Gasteiger partial charge is 0.260 e. The van der Waals surface area contributed by atoms with E-state index in [0.29, 0.717) is 18.2 Å². The van der Waals surface area contributed by atoms with Crippen molar-refractivity contribution < 1.29 is 8.42 Å². The summed E-state index contributed by atoms with van der Waals surface area (Å²) in [5.41, 5.74) is 0.714. The maximum Gasteiger partial charge on any atom is 0.260 e. The normalized spacial score (nSPS) is 17.3. The van der Waals surface area contributed by atoms with Crippen molar-refractivity contribution in [3.63, 3.8) is 0 Å². The first-order valence-electron chi connectivity index (χ1n) is 7.19. The minimum Gasteiger partial charge on any atom is -0.310 e. The van der Waals surface area contributed by atoms with Gasteiger partial charge in [0.1, 0.15) is 0 Å². The Bertz CT molecular complexity index is 554. The summed E-state index contributed by atoms with van der Waals surface area (Å²) < 4.78 is 26.8. The lowest BCUT2D eigenvalue weighted by molar-refractivity contribution is 0.380. The Hall–Kier alpha value is -0.570. The number of aromatic nitrogens is 2. The van der Waals surface area contributed by atoms with Gasteiger partial charge in [-0.3, -0.25) is 5.10 Å². The van der Waals surface area contributed by atoms with E-state index in [1.807, 2.05) is 13.2 Å². The Morgan fingerprint density at radius 1 is 1.57 bits per heavy atom. The third kappa shape index (κ3) is 4.21. The highest BCUT2D eigenvalue weighted by molar-refractivity contribution is 7.98. The van der Waals surface area contributed by atoms with E-state index in [2.05, 4.69) is 15.5 Å². The summed E-state index contributed by atoms with van der Waals surface area (Å²) in [5.74, 6) is 0.945. The first-order valence-corrected chi connectivity index (χ1v) is 10.0. The van der Waals surface area contributed by atoms with Crippen molar-refractivity contribution in [1.82, 2.24) is 19.8 Å². The zero-order chi connectivity index (χ0) is 15.5. The Kier molecular flexibility index (Phi) is 5.70. The molecule has 0 bridgehead atoms. The van der Waals surface area contributed by atoms with E-state index in [1.165, 1.54) is 17.1 Å². The molecule has 2 rings (SSSR count). The molecule has 1 saturated carbocycles. The third-order valence-corrected chi connectivity index (χ3v) is 6.47. The van der Waals surface area contributed by atoms with E-state index >= 15 is 0 Å². The summed E-state index contributed by atoms with van der Waals surface area (Å²) in [4.78, 5) is 0. The molecule has 2 N–H and O–H groups in total. The molecular weight excluding hydrogens is 308 g/mol. The van der Waals surface area contributed by atoms with Crippen molar-refractivity contribution in [3.8, 4) is 0 Å². The Labute approximate surface area is 131 Å². The first-order chi connectivity index (χ1) is 9.96. The van der Waals surface area contributed by atoms with Crippen LogP contribution in [-0.4, -0.2) is 54.1 Å². The molecule has 1 aliphatic rings. The van der Waals surface area contributed by atoms with Crippen LogP contribution >= 0.6 is 11.8 Å². The van der Waals surface area contributed by atoms with E-state index < -0.39 is 10.0 Å². The van der Waals surface area contributed by atoms with E-state index in [9.17, 15) is 8.42 Å². The van der Waals surface area contributed by atoms with Crippen molar-refractivity contribution in [2.24, 2.45) is 0 Å². The molecule has 0 aromatic carbocycles. The summed E-state index contributed by atoms with van der Waals surface area (Å²) in [5, 5.41) is 10.1. The van der Waals surface area contributed by atoms with Crippen molar-refractivity contribution in [3.05, 3.63) is 11.8 Å². The van der Waals surface area contributed by atoms with E-state index in [4.69, 9.17) is 0 Å². The van der Waals surface area contributed by atoms with E-state index in [1.54, 1.807) is 25.0 Å². The molecule has 6 nitrogen and oxygen atoms in total. The fourth-order valence-electron chi connectivity index (χ4n) is 2.04. The lowest BCUT2D eigenvalue weighted by atomic mass is 10.3. The zero-order valence-corrected chi connectivity index (χ0v) is 14.4. The van der Waals surface area contributed by atoms with Crippen LogP contribution in [0.25, 0.3) is 0 Å². The van der Waals surface area contributed by atoms with Crippen molar-refractivity contribution in [2.45, 2.75) is 49.8 Å². The molecule has 1 aliphatic carbocycles. The van der Waals surface area contributed by atoms with Crippen molar-refractivity contribution in [2.75, 3.05) is 19.1 Å². The average molecular weight is 332 g/mol. The van der Waals surface area contributed by atoms with Crippen LogP contribution < -0.4 is 5.32 Å². The molecule has 1 aromatic rings. The third-order valence-electron chi connectivity index (χ3n) is 3.83. The summed E-state index contributed by atoms with van der Waals surface area (Å²) in [7, 11) is -1.88. The fraction of sp³-hybridized carbons (Fsp3) is 0.769. The number of thioether (sulfide) groups is 1. The molecular formula is C13H24N4O2S2. The van der Waals surface area contributed by atoms with Crippen molar-refractivity contribution >= 4 is 21.8 Å². The number of H-pyrrole nitrogens is 1. The number of aromatic amines is 1. The molecule has 1 atom stereocenters. The van der Waals surface area contributed by atoms with Crippen molar-refractivity contribution in [1.29, 1.82) is 0 Å². The zero-order valence-electron chi connectivity index (χ0n) is 12.8. The average Bonchev–Trinajstić information content (AvgIpc) is 3.17. The molecule has 0 spiro atoms. The highest BCUT2D eigenvalue weighted by atomic mass is 32.2. The topological polar surface area (TPSA) is 78.1 Å². The van der Waals surface area contributed by atoms with Gasteiger partial charge < -0.3 is 5.32 Å².